The summed E-state index contributed by atoms with van der Waals surface area (Å²) in [4.78, 5) is 24.8. The Balaban J connectivity index is 1.88. The molecule has 30 heavy (non-hydrogen) atoms. The number of unbranched alkanes of at least 4 members (excludes halogenated alkanes) is 1. The minimum absolute atomic E-state index is 0.0300. The third kappa shape index (κ3) is 7.36. The topological polar surface area (TPSA) is 88.7 Å². The van der Waals surface area contributed by atoms with Crippen LogP contribution in [0.15, 0.2) is 48.5 Å². The highest BCUT2D eigenvalue weighted by molar-refractivity contribution is 7.80. The van der Waals surface area contributed by atoms with Gasteiger partial charge in [0.2, 0.25) is 0 Å². The molecule has 0 saturated carbocycles. The molecular weight excluding hydrogens is 402 g/mol. The predicted octanol–water partition coefficient (Wildman–Crippen LogP) is 3.60. The molecule has 2 amide bonds. The van der Waals surface area contributed by atoms with Crippen molar-refractivity contribution in [1.82, 2.24) is 16.2 Å². The Kier molecular flexibility index (Phi) is 9.60. The molecule has 2 aromatic carbocycles. The first-order valence-electron chi connectivity index (χ1n) is 9.91. The Morgan fingerprint density at radius 1 is 0.900 bits per heavy atom. The molecule has 0 aliphatic rings. The Labute approximate surface area is 182 Å². The van der Waals surface area contributed by atoms with Crippen molar-refractivity contribution in [3.63, 3.8) is 0 Å². The lowest BCUT2D eigenvalue weighted by Crippen LogP contribution is -2.48. The molecule has 2 rings (SSSR count). The van der Waals surface area contributed by atoms with Crippen LogP contribution in [0.5, 0.6) is 11.5 Å². The molecule has 0 unspecified atom stereocenters. The second-order valence-electron chi connectivity index (χ2n) is 6.44. The van der Waals surface area contributed by atoms with E-state index in [0.717, 1.165) is 19.3 Å². The first kappa shape index (κ1) is 23.2. The Hall–Kier alpha value is -3.13. The van der Waals surface area contributed by atoms with Crippen molar-refractivity contribution in [2.24, 2.45) is 0 Å². The summed E-state index contributed by atoms with van der Waals surface area (Å²) in [6, 6.07) is 13.7. The maximum Gasteiger partial charge on any atom is 0.273 e. The van der Waals surface area contributed by atoms with E-state index >= 15 is 0 Å². The van der Waals surface area contributed by atoms with E-state index in [9.17, 15) is 9.59 Å². The van der Waals surface area contributed by atoms with Gasteiger partial charge in [0.15, 0.2) is 5.11 Å². The van der Waals surface area contributed by atoms with E-state index in [-0.39, 0.29) is 5.11 Å². The first-order valence-corrected chi connectivity index (χ1v) is 10.3. The van der Waals surface area contributed by atoms with Gasteiger partial charge in [-0.05, 0) is 55.4 Å². The highest BCUT2D eigenvalue weighted by Crippen LogP contribution is 2.18. The fourth-order valence-electron chi connectivity index (χ4n) is 2.44. The van der Waals surface area contributed by atoms with Crippen LogP contribution in [0.1, 0.15) is 53.8 Å². The normalized spacial score (nSPS) is 10.1. The molecular formula is C22H27N3O4S. The predicted molar refractivity (Wildman–Crippen MR) is 120 cm³/mol. The van der Waals surface area contributed by atoms with Crippen LogP contribution in [0.25, 0.3) is 0 Å². The molecule has 0 bridgehead atoms. The summed E-state index contributed by atoms with van der Waals surface area (Å²) in [6.07, 6.45) is 2.80. The summed E-state index contributed by atoms with van der Waals surface area (Å²) >= 11 is 5.10. The first-order chi connectivity index (χ1) is 14.5. The SMILES string of the molecule is CCCCOc1cccc(C(=O)NC(=S)NNC(=O)c2ccccc2OCCC)c1. The summed E-state index contributed by atoms with van der Waals surface area (Å²) in [5.41, 5.74) is 5.77. The molecule has 0 saturated heterocycles. The number of carbonyl (C=O) groups is 2. The average molecular weight is 430 g/mol. The van der Waals surface area contributed by atoms with Gasteiger partial charge in [-0.15, -0.1) is 0 Å². The van der Waals surface area contributed by atoms with Gasteiger partial charge < -0.3 is 9.47 Å². The van der Waals surface area contributed by atoms with Crippen molar-refractivity contribution in [1.29, 1.82) is 0 Å². The van der Waals surface area contributed by atoms with Crippen LogP contribution in [0.4, 0.5) is 0 Å². The zero-order chi connectivity index (χ0) is 21.8. The number of rotatable bonds is 9. The van der Waals surface area contributed by atoms with Gasteiger partial charge in [0, 0.05) is 5.56 Å². The fraction of sp³-hybridized carbons (Fsp3) is 0.318. The zero-order valence-corrected chi connectivity index (χ0v) is 18.0. The molecule has 0 aromatic heterocycles. The van der Waals surface area contributed by atoms with Crippen LogP contribution in [0.2, 0.25) is 0 Å². The third-order valence-electron chi connectivity index (χ3n) is 3.97. The second-order valence-corrected chi connectivity index (χ2v) is 6.85. The van der Waals surface area contributed by atoms with Gasteiger partial charge in [0.25, 0.3) is 11.8 Å². The summed E-state index contributed by atoms with van der Waals surface area (Å²) in [7, 11) is 0. The van der Waals surface area contributed by atoms with Crippen LogP contribution in [0.3, 0.4) is 0 Å². The number of hydrogen-bond donors (Lipinski definition) is 3. The van der Waals surface area contributed by atoms with E-state index in [1.165, 1.54) is 0 Å². The highest BCUT2D eigenvalue weighted by atomic mass is 32.1. The monoisotopic (exact) mass is 429 g/mol. The number of amides is 2. The standard InChI is InChI=1S/C22H27N3O4S/c1-3-5-14-28-17-10-8-9-16(15-17)20(26)23-22(30)25-24-21(27)18-11-6-7-12-19(18)29-13-4-2/h6-12,15H,3-5,13-14H2,1-2H3,(H,24,27)(H2,23,25,26,30). The lowest BCUT2D eigenvalue weighted by atomic mass is 10.2. The molecule has 0 heterocycles. The van der Waals surface area contributed by atoms with E-state index in [0.29, 0.717) is 35.8 Å². The smallest absolute Gasteiger partial charge is 0.273 e. The lowest BCUT2D eigenvalue weighted by Gasteiger charge is -2.13. The van der Waals surface area contributed by atoms with Crippen molar-refractivity contribution in [2.75, 3.05) is 13.2 Å². The minimum Gasteiger partial charge on any atom is -0.494 e. The van der Waals surface area contributed by atoms with Crippen LogP contribution in [0, 0.1) is 0 Å². The lowest BCUT2D eigenvalue weighted by molar-refractivity contribution is 0.0931. The molecule has 0 atom stereocenters. The molecule has 160 valence electrons. The Morgan fingerprint density at radius 2 is 1.70 bits per heavy atom. The molecule has 0 aliphatic heterocycles. The molecule has 7 nitrogen and oxygen atoms in total. The Bertz CT molecular complexity index is 873. The minimum atomic E-state index is -0.426. The van der Waals surface area contributed by atoms with Crippen molar-refractivity contribution in [3.05, 3.63) is 59.7 Å². The molecule has 8 heteroatoms. The zero-order valence-electron chi connectivity index (χ0n) is 17.2. The number of hydrogen-bond acceptors (Lipinski definition) is 5. The van der Waals surface area contributed by atoms with Gasteiger partial charge in [-0.1, -0.05) is 38.5 Å². The molecule has 0 radical (unpaired) electrons. The van der Waals surface area contributed by atoms with Crippen LogP contribution in [-0.4, -0.2) is 30.1 Å². The highest BCUT2D eigenvalue weighted by Gasteiger charge is 2.13. The van der Waals surface area contributed by atoms with Crippen molar-refractivity contribution in [2.45, 2.75) is 33.1 Å². The number of hydrazine groups is 1. The molecule has 0 fully saturated rings. The van der Waals surface area contributed by atoms with Gasteiger partial charge in [0.05, 0.1) is 18.8 Å². The number of carbonyl (C=O) groups excluding carboxylic acids is 2. The van der Waals surface area contributed by atoms with Crippen molar-refractivity contribution >= 4 is 29.1 Å². The van der Waals surface area contributed by atoms with Gasteiger partial charge in [-0.3, -0.25) is 25.8 Å². The summed E-state index contributed by atoms with van der Waals surface area (Å²) in [5.74, 6) is 0.263. The van der Waals surface area contributed by atoms with Crippen molar-refractivity contribution < 1.29 is 19.1 Å². The molecule has 2 aromatic rings. The van der Waals surface area contributed by atoms with Crippen LogP contribution in [-0.2, 0) is 0 Å². The van der Waals surface area contributed by atoms with E-state index in [4.69, 9.17) is 21.7 Å². The van der Waals surface area contributed by atoms with Gasteiger partial charge in [0.1, 0.15) is 11.5 Å². The Morgan fingerprint density at radius 3 is 2.47 bits per heavy atom. The maximum atomic E-state index is 12.4. The van der Waals surface area contributed by atoms with E-state index in [1.807, 2.05) is 6.92 Å². The summed E-state index contributed by atoms with van der Waals surface area (Å²) in [6.45, 7) is 5.17. The number of para-hydroxylation sites is 1. The van der Waals surface area contributed by atoms with Crippen LogP contribution < -0.4 is 25.6 Å². The molecule has 0 aliphatic carbocycles. The van der Waals surface area contributed by atoms with E-state index < -0.39 is 11.8 Å². The number of thiocarbonyl (C=S) groups is 1. The van der Waals surface area contributed by atoms with E-state index in [1.54, 1.807) is 48.5 Å². The molecule has 3 N–H and O–H groups in total. The van der Waals surface area contributed by atoms with Gasteiger partial charge >= 0.3 is 0 Å². The van der Waals surface area contributed by atoms with Crippen molar-refractivity contribution in [3.8, 4) is 11.5 Å². The largest absolute Gasteiger partial charge is 0.494 e. The van der Waals surface area contributed by atoms with E-state index in [2.05, 4.69) is 23.1 Å². The fourth-order valence-corrected chi connectivity index (χ4v) is 2.58. The number of benzene rings is 2. The maximum absolute atomic E-state index is 12.4. The summed E-state index contributed by atoms with van der Waals surface area (Å²) in [5, 5.41) is 2.50. The average Bonchev–Trinajstić information content (AvgIpc) is 2.76. The van der Waals surface area contributed by atoms with Gasteiger partial charge in [-0.25, -0.2) is 0 Å². The summed E-state index contributed by atoms with van der Waals surface area (Å²) < 4.78 is 11.2. The van der Waals surface area contributed by atoms with Crippen LogP contribution >= 0.6 is 12.2 Å². The number of ether oxygens (including phenoxy) is 2. The second kappa shape index (κ2) is 12.4. The van der Waals surface area contributed by atoms with Gasteiger partial charge in [-0.2, -0.15) is 0 Å². The quantitative estimate of drug-likeness (QED) is 0.321. The third-order valence-corrected chi connectivity index (χ3v) is 4.18. The molecule has 0 spiro atoms. The number of nitrogens with one attached hydrogen (secondary N) is 3.